The Bertz CT molecular complexity index is 3500. The van der Waals surface area contributed by atoms with Crippen molar-refractivity contribution in [2.24, 2.45) is 0 Å². The third kappa shape index (κ3) is 5.02. The monoisotopic (exact) mass is 738 g/mol. The maximum atomic E-state index is 5.14. The molecule has 0 atom stereocenters. The molecule has 4 heteroatoms. The highest BCUT2D eigenvalue weighted by Crippen LogP contribution is 2.40. The van der Waals surface area contributed by atoms with Gasteiger partial charge in [0.25, 0.3) is 0 Å². The molecule has 0 radical (unpaired) electrons. The van der Waals surface area contributed by atoms with Gasteiger partial charge in [0.2, 0.25) is 0 Å². The summed E-state index contributed by atoms with van der Waals surface area (Å²) in [4.78, 5) is 9.68. The fourth-order valence-electron chi connectivity index (χ4n) is 9.07. The number of hydrogen-bond donors (Lipinski definition) is 0. The summed E-state index contributed by atoms with van der Waals surface area (Å²) >= 11 is 0. The van der Waals surface area contributed by atoms with Gasteiger partial charge in [-0.15, -0.1) is 0 Å². The van der Waals surface area contributed by atoms with Gasteiger partial charge in [-0.3, -0.25) is 9.55 Å². The van der Waals surface area contributed by atoms with Crippen LogP contribution in [0.4, 0.5) is 0 Å². The summed E-state index contributed by atoms with van der Waals surface area (Å²) in [5.41, 5.74) is 12.1. The van der Waals surface area contributed by atoms with E-state index in [1.165, 1.54) is 65.3 Å². The van der Waals surface area contributed by atoms with Crippen LogP contribution in [-0.4, -0.2) is 19.1 Å². The number of aromatic nitrogens is 4. The third-order valence-electron chi connectivity index (χ3n) is 11.8. The van der Waals surface area contributed by atoms with Crippen LogP contribution in [0.25, 0.3) is 110 Å². The molecule has 3 aromatic heterocycles. The molecule has 0 bridgehead atoms. The van der Waals surface area contributed by atoms with E-state index >= 15 is 0 Å². The first kappa shape index (κ1) is 32.4. The first-order valence-electron chi connectivity index (χ1n) is 19.7. The molecule has 0 saturated carbocycles. The maximum absolute atomic E-state index is 5.14. The summed E-state index contributed by atoms with van der Waals surface area (Å²) in [6, 6.07) is 72.0. The van der Waals surface area contributed by atoms with Gasteiger partial charge < -0.3 is 4.57 Å². The highest BCUT2D eigenvalue weighted by Gasteiger charge is 2.17. The van der Waals surface area contributed by atoms with Crippen LogP contribution in [0.1, 0.15) is 0 Å². The van der Waals surface area contributed by atoms with Gasteiger partial charge in [-0.25, -0.2) is 4.98 Å². The lowest BCUT2D eigenvalue weighted by molar-refractivity contribution is 1.09. The lowest BCUT2D eigenvalue weighted by Crippen LogP contribution is -1.99. The fraction of sp³-hybridized carbons (Fsp3) is 0. The standard InChI is InChI=1S/C54H34N4/c1-2-13-43-41(11-1)42-12-3-4-14-44(42)47-33-37(24-30-45(43)47)38-25-31-52-48(34-38)46-15-5-7-18-51(46)57(52)39-26-28-40(29-27-39)58-53-19-8-6-17-50(53)56-54(58)36-22-20-35(21-23-36)49-16-9-10-32-55-49/h1-34H. The molecule has 4 nitrogen and oxygen atoms in total. The third-order valence-corrected chi connectivity index (χ3v) is 11.8. The van der Waals surface area contributed by atoms with Crippen LogP contribution in [0.2, 0.25) is 0 Å². The van der Waals surface area contributed by atoms with E-state index in [1.807, 2.05) is 30.5 Å². The summed E-state index contributed by atoms with van der Waals surface area (Å²) in [5.74, 6) is 0.904. The molecule has 3 heterocycles. The van der Waals surface area contributed by atoms with Crippen molar-refractivity contribution in [2.45, 2.75) is 0 Å². The molecule has 0 aliphatic carbocycles. The number of benzene rings is 9. The van der Waals surface area contributed by atoms with Crippen molar-refractivity contribution < 1.29 is 0 Å². The second-order valence-corrected chi connectivity index (χ2v) is 15.0. The van der Waals surface area contributed by atoms with Gasteiger partial charge in [0.1, 0.15) is 5.82 Å². The molecule has 0 aliphatic heterocycles. The van der Waals surface area contributed by atoms with Gasteiger partial charge in [-0.05, 0) is 116 Å². The van der Waals surface area contributed by atoms with E-state index in [0.29, 0.717) is 0 Å². The van der Waals surface area contributed by atoms with Crippen LogP contribution >= 0.6 is 0 Å². The highest BCUT2D eigenvalue weighted by atomic mass is 15.1. The SMILES string of the molecule is c1ccc(-c2ccc(-c3nc4ccccc4n3-c3ccc(-n4c5ccccc5c5cc(-c6ccc7c8ccccc8c8ccccc8c7c6)ccc54)cc3)cc2)nc1. The Hall–Kier alpha value is -7.82. The molecule has 0 saturated heterocycles. The first-order chi connectivity index (χ1) is 28.8. The number of fused-ring (bicyclic) bond motifs is 10. The lowest BCUT2D eigenvalue weighted by atomic mass is 9.92. The van der Waals surface area contributed by atoms with E-state index in [-0.39, 0.29) is 0 Å². The molecule has 12 aromatic rings. The minimum Gasteiger partial charge on any atom is -0.309 e. The van der Waals surface area contributed by atoms with Gasteiger partial charge in [0.15, 0.2) is 0 Å². The zero-order valence-corrected chi connectivity index (χ0v) is 31.4. The van der Waals surface area contributed by atoms with Crippen LogP contribution in [-0.2, 0) is 0 Å². The summed E-state index contributed by atoms with van der Waals surface area (Å²) in [5, 5.41) is 10.2. The molecular formula is C54H34N4. The first-order valence-corrected chi connectivity index (χ1v) is 19.7. The number of pyridine rings is 1. The topological polar surface area (TPSA) is 35.6 Å². The normalized spacial score (nSPS) is 11.8. The van der Waals surface area contributed by atoms with Gasteiger partial charge in [-0.1, -0.05) is 127 Å². The smallest absolute Gasteiger partial charge is 0.145 e. The number of rotatable bonds is 5. The molecule has 0 aliphatic rings. The van der Waals surface area contributed by atoms with Crippen molar-refractivity contribution >= 4 is 65.2 Å². The Balaban J connectivity index is 0.962. The highest BCUT2D eigenvalue weighted by molar-refractivity contribution is 6.25. The second-order valence-electron chi connectivity index (χ2n) is 15.0. The van der Waals surface area contributed by atoms with Crippen molar-refractivity contribution in [3.8, 4) is 45.1 Å². The van der Waals surface area contributed by atoms with E-state index in [9.17, 15) is 0 Å². The van der Waals surface area contributed by atoms with E-state index < -0.39 is 0 Å². The quantitative estimate of drug-likeness (QED) is 0.165. The largest absolute Gasteiger partial charge is 0.309 e. The maximum Gasteiger partial charge on any atom is 0.145 e. The predicted octanol–water partition coefficient (Wildman–Crippen LogP) is 14.0. The second kappa shape index (κ2) is 12.9. The van der Waals surface area contributed by atoms with Crippen LogP contribution in [0.5, 0.6) is 0 Å². The number of nitrogens with zero attached hydrogens (tertiary/aromatic N) is 4. The Morgan fingerprint density at radius 3 is 1.50 bits per heavy atom. The fourth-order valence-corrected chi connectivity index (χ4v) is 9.07. The average Bonchev–Trinajstić information content (AvgIpc) is 3.85. The van der Waals surface area contributed by atoms with Crippen molar-refractivity contribution in [1.82, 2.24) is 19.1 Å². The molecule has 12 rings (SSSR count). The van der Waals surface area contributed by atoms with Gasteiger partial charge in [0, 0.05) is 39.5 Å². The zero-order valence-electron chi connectivity index (χ0n) is 31.4. The van der Waals surface area contributed by atoms with Gasteiger partial charge in [-0.2, -0.15) is 0 Å². The van der Waals surface area contributed by atoms with E-state index in [2.05, 4.69) is 190 Å². The Morgan fingerprint density at radius 1 is 0.310 bits per heavy atom. The van der Waals surface area contributed by atoms with Crippen molar-refractivity contribution in [3.05, 3.63) is 206 Å². The van der Waals surface area contributed by atoms with Crippen molar-refractivity contribution in [3.63, 3.8) is 0 Å². The minimum absolute atomic E-state index is 0.904. The number of para-hydroxylation sites is 3. The van der Waals surface area contributed by atoms with Crippen LogP contribution in [0, 0.1) is 0 Å². The summed E-state index contributed by atoms with van der Waals surface area (Å²) < 4.78 is 4.66. The molecular weight excluding hydrogens is 705 g/mol. The van der Waals surface area contributed by atoms with Crippen molar-refractivity contribution in [2.75, 3.05) is 0 Å². The van der Waals surface area contributed by atoms with Crippen LogP contribution in [0.15, 0.2) is 206 Å². The molecule has 270 valence electrons. The van der Waals surface area contributed by atoms with Crippen molar-refractivity contribution in [1.29, 1.82) is 0 Å². The zero-order chi connectivity index (χ0) is 38.2. The summed E-state index contributed by atoms with van der Waals surface area (Å²) in [6.07, 6.45) is 1.83. The van der Waals surface area contributed by atoms with E-state index in [0.717, 1.165) is 45.1 Å². The van der Waals surface area contributed by atoms with Crippen LogP contribution < -0.4 is 0 Å². The lowest BCUT2D eigenvalue weighted by Gasteiger charge is -2.13. The van der Waals surface area contributed by atoms with E-state index in [4.69, 9.17) is 4.98 Å². The minimum atomic E-state index is 0.904. The van der Waals surface area contributed by atoms with Gasteiger partial charge >= 0.3 is 0 Å². The molecule has 0 spiro atoms. The molecule has 58 heavy (non-hydrogen) atoms. The molecule has 0 unspecified atom stereocenters. The van der Waals surface area contributed by atoms with E-state index in [1.54, 1.807) is 0 Å². The Morgan fingerprint density at radius 2 is 0.810 bits per heavy atom. The molecule has 0 amide bonds. The van der Waals surface area contributed by atoms with Gasteiger partial charge in [0.05, 0.1) is 27.8 Å². The number of imidazole rings is 1. The average molecular weight is 739 g/mol. The Kier molecular flexibility index (Phi) is 7.20. The molecule has 0 N–H and O–H groups in total. The van der Waals surface area contributed by atoms with Crippen LogP contribution in [0.3, 0.4) is 0 Å². The number of hydrogen-bond acceptors (Lipinski definition) is 2. The Labute approximate surface area is 334 Å². The molecule has 9 aromatic carbocycles. The predicted molar refractivity (Wildman–Crippen MR) is 242 cm³/mol. The molecule has 0 fully saturated rings. The summed E-state index contributed by atoms with van der Waals surface area (Å²) in [7, 11) is 0. The summed E-state index contributed by atoms with van der Waals surface area (Å²) in [6.45, 7) is 0.